The molecule has 26 heavy (non-hydrogen) atoms. The van der Waals surface area contributed by atoms with Crippen molar-refractivity contribution in [1.29, 1.82) is 0 Å². The van der Waals surface area contributed by atoms with E-state index in [9.17, 15) is 4.79 Å². The van der Waals surface area contributed by atoms with Gasteiger partial charge in [0.25, 0.3) is 0 Å². The van der Waals surface area contributed by atoms with Crippen LogP contribution in [0, 0.1) is 6.92 Å². The van der Waals surface area contributed by atoms with Crippen LogP contribution in [-0.4, -0.2) is 10.9 Å². The van der Waals surface area contributed by atoms with Crippen molar-refractivity contribution in [2.75, 3.05) is 5.32 Å². The molecule has 0 saturated carbocycles. The van der Waals surface area contributed by atoms with E-state index in [1.165, 1.54) is 4.88 Å². The van der Waals surface area contributed by atoms with Crippen LogP contribution >= 0.6 is 11.3 Å². The molecule has 0 fully saturated rings. The van der Waals surface area contributed by atoms with Gasteiger partial charge in [-0.05, 0) is 48.7 Å². The number of nitrogens with one attached hydrogen (secondary N) is 1. The Morgan fingerprint density at radius 2 is 1.92 bits per heavy atom. The first-order valence-corrected chi connectivity index (χ1v) is 9.57. The molecule has 4 nitrogen and oxygen atoms in total. The molecule has 0 atom stereocenters. The number of aryl methyl sites for hydroxylation is 1. The molecule has 5 heteroatoms. The topological polar surface area (TPSA) is 45.5 Å². The Hall–Kier alpha value is -2.53. The molecule has 0 spiro atoms. The summed E-state index contributed by atoms with van der Waals surface area (Å²) in [5.41, 5.74) is 1.99. The fourth-order valence-corrected chi connectivity index (χ4v) is 3.76. The third-order valence-electron chi connectivity index (χ3n) is 4.18. The van der Waals surface area contributed by atoms with Crippen molar-refractivity contribution in [2.45, 2.75) is 39.8 Å². The maximum Gasteiger partial charge on any atom is 0.322 e. The first-order chi connectivity index (χ1) is 12.5. The summed E-state index contributed by atoms with van der Waals surface area (Å²) >= 11 is 1.71. The Morgan fingerprint density at radius 3 is 2.58 bits per heavy atom. The lowest BCUT2D eigenvalue weighted by atomic mass is 10.0. The second-order valence-electron chi connectivity index (χ2n) is 6.62. The van der Waals surface area contributed by atoms with Crippen LogP contribution in [-0.2, 0) is 13.1 Å². The van der Waals surface area contributed by atoms with Crippen LogP contribution in [0.15, 0.2) is 59.2 Å². The summed E-state index contributed by atoms with van der Waals surface area (Å²) in [6, 6.07) is 15.7. The molecular weight excluding hydrogens is 344 g/mol. The Labute approximate surface area is 158 Å². The fourth-order valence-electron chi connectivity index (χ4n) is 2.86. The van der Waals surface area contributed by atoms with E-state index in [-0.39, 0.29) is 6.03 Å². The fraction of sp³-hybridized carbons (Fsp3) is 0.286. The van der Waals surface area contributed by atoms with Crippen molar-refractivity contribution in [2.24, 2.45) is 0 Å². The summed E-state index contributed by atoms with van der Waals surface area (Å²) in [4.78, 5) is 17.2. The minimum Gasteiger partial charge on any atom is -0.467 e. The van der Waals surface area contributed by atoms with Crippen molar-refractivity contribution < 1.29 is 9.21 Å². The quantitative estimate of drug-likeness (QED) is 0.579. The minimum absolute atomic E-state index is 0.124. The van der Waals surface area contributed by atoms with E-state index in [4.69, 9.17) is 4.42 Å². The Morgan fingerprint density at radius 1 is 1.12 bits per heavy atom. The van der Waals surface area contributed by atoms with Crippen LogP contribution in [0.1, 0.15) is 40.8 Å². The standard InChI is InChI=1S/C21H24N2O2S/c1-15(2)19-8-4-5-9-20(19)22-21(24)23(13-17-7-6-12-25-17)14-18-11-10-16(3)26-18/h4-12,15H,13-14H2,1-3H3,(H,22,24). The molecule has 2 amide bonds. The van der Waals surface area contributed by atoms with Crippen molar-refractivity contribution >= 4 is 23.1 Å². The number of thiophene rings is 1. The van der Waals surface area contributed by atoms with Gasteiger partial charge in [-0.25, -0.2) is 4.79 Å². The molecule has 0 saturated heterocycles. The van der Waals surface area contributed by atoms with Crippen LogP contribution in [0.4, 0.5) is 10.5 Å². The zero-order valence-electron chi connectivity index (χ0n) is 15.4. The van der Waals surface area contributed by atoms with Crippen LogP contribution < -0.4 is 5.32 Å². The Kier molecular flexibility index (Phi) is 5.78. The van der Waals surface area contributed by atoms with Gasteiger partial charge in [0.1, 0.15) is 5.76 Å². The number of hydrogen-bond acceptors (Lipinski definition) is 3. The lowest BCUT2D eigenvalue weighted by Crippen LogP contribution is -2.34. The number of carbonyl (C=O) groups excluding carboxylic acids is 1. The number of nitrogens with zero attached hydrogens (tertiary/aromatic N) is 1. The molecule has 0 radical (unpaired) electrons. The van der Waals surface area contributed by atoms with Crippen LogP contribution in [0.3, 0.4) is 0 Å². The van der Waals surface area contributed by atoms with E-state index >= 15 is 0 Å². The van der Waals surface area contributed by atoms with Crippen LogP contribution in [0.25, 0.3) is 0 Å². The molecule has 3 rings (SSSR count). The van der Waals surface area contributed by atoms with E-state index in [0.717, 1.165) is 21.9 Å². The summed E-state index contributed by atoms with van der Waals surface area (Å²) in [5.74, 6) is 1.11. The number of amides is 2. The highest BCUT2D eigenvalue weighted by molar-refractivity contribution is 7.11. The zero-order valence-corrected chi connectivity index (χ0v) is 16.2. The average molecular weight is 369 g/mol. The van der Waals surface area contributed by atoms with Crippen LogP contribution in [0.5, 0.6) is 0 Å². The van der Waals surface area contributed by atoms with Crippen molar-refractivity contribution in [1.82, 2.24) is 4.90 Å². The van der Waals surface area contributed by atoms with Gasteiger partial charge in [0.2, 0.25) is 0 Å². The summed E-state index contributed by atoms with van der Waals surface area (Å²) < 4.78 is 5.45. The third-order valence-corrected chi connectivity index (χ3v) is 5.17. The maximum absolute atomic E-state index is 13.0. The van der Waals surface area contributed by atoms with E-state index in [0.29, 0.717) is 19.0 Å². The second kappa shape index (κ2) is 8.23. The Bertz CT molecular complexity index is 853. The number of para-hydroxylation sites is 1. The number of rotatable bonds is 6. The van der Waals surface area contributed by atoms with E-state index in [2.05, 4.69) is 44.3 Å². The molecular formula is C21H24N2O2S. The molecule has 2 heterocycles. The molecule has 2 aromatic heterocycles. The van der Waals surface area contributed by atoms with Gasteiger partial charge >= 0.3 is 6.03 Å². The van der Waals surface area contributed by atoms with E-state index in [1.807, 2.05) is 30.3 Å². The largest absolute Gasteiger partial charge is 0.467 e. The molecule has 1 N–H and O–H groups in total. The number of furan rings is 1. The summed E-state index contributed by atoms with van der Waals surface area (Å²) in [6.07, 6.45) is 1.63. The van der Waals surface area contributed by atoms with Gasteiger partial charge in [0.05, 0.1) is 19.4 Å². The number of anilines is 1. The normalized spacial score (nSPS) is 10.9. The Balaban J connectivity index is 1.80. The average Bonchev–Trinajstić information content (AvgIpc) is 3.26. The van der Waals surface area contributed by atoms with Gasteiger partial charge in [-0.2, -0.15) is 0 Å². The SMILES string of the molecule is Cc1ccc(CN(Cc2ccco2)C(=O)Nc2ccccc2C(C)C)s1. The number of urea groups is 1. The smallest absolute Gasteiger partial charge is 0.322 e. The zero-order chi connectivity index (χ0) is 18.5. The molecule has 0 unspecified atom stereocenters. The number of benzene rings is 1. The van der Waals surface area contributed by atoms with Gasteiger partial charge in [0, 0.05) is 15.4 Å². The molecule has 0 aliphatic rings. The molecule has 1 aromatic carbocycles. The number of hydrogen-bond donors (Lipinski definition) is 1. The van der Waals surface area contributed by atoms with Crippen molar-refractivity contribution in [3.63, 3.8) is 0 Å². The highest BCUT2D eigenvalue weighted by atomic mass is 32.1. The van der Waals surface area contributed by atoms with E-state index in [1.54, 1.807) is 22.5 Å². The second-order valence-corrected chi connectivity index (χ2v) is 7.99. The molecule has 0 bridgehead atoms. The molecule has 136 valence electrons. The highest BCUT2D eigenvalue weighted by Crippen LogP contribution is 2.25. The van der Waals surface area contributed by atoms with Crippen molar-refractivity contribution in [3.8, 4) is 0 Å². The lowest BCUT2D eigenvalue weighted by Gasteiger charge is -2.23. The first kappa shape index (κ1) is 18.3. The maximum atomic E-state index is 13.0. The lowest BCUT2D eigenvalue weighted by molar-refractivity contribution is 0.202. The predicted molar refractivity (Wildman–Crippen MR) is 107 cm³/mol. The van der Waals surface area contributed by atoms with Gasteiger partial charge in [-0.3, -0.25) is 0 Å². The predicted octanol–water partition coefficient (Wildman–Crippen LogP) is 6.01. The number of carbonyl (C=O) groups is 1. The van der Waals surface area contributed by atoms with Gasteiger partial charge in [-0.15, -0.1) is 11.3 Å². The molecule has 3 aromatic rings. The summed E-state index contributed by atoms with van der Waals surface area (Å²) in [5, 5.41) is 3.08. The van der Waals surface area contributed by atoms with Gasteiger partial charge in [0.15, 0.2) is 0 Å². The first-order valence-electron chi connectivity index (χ1n) is 8.75. The van der Waals surface area contributed by atoms with E-state index < -0.39 is 0 Å². The van der Waals surface area contributed by atoms with Gasteiger partial charge < -0.3 is 14.6 Å². The molecule has 0 aliphatic carbocycles. The van der Waals surface area contributed by atoms with Crippen molar-refractivity contribution in [3.05, 3.63) is 75.9 Å². The monoisotopic (exact) mass is 368 g/mol. The summed E-state index contributed by atoms with van der Waals surface area (Å²) in [7, 11) is 0. The summed E-state index contributed by atoms with van der Waals surface area (Å²) in [6.45, 7) is 7.30. The highest BCUT2D eigenvalue weighted by Gasteiger charge is 2.18. The van der Waals surface area contributed by atoms with Gasteiger partial charge in [-0.1, -0.05) is 32.0 Å². The van der Waals surface area contributed by atoms with Crippen LogP contribution in [0.2, 0.25) is 0 Å². The minimum atomic E-state index is -0.124. The third kappa shape index (κ3) is 4.55. The molecule has 0 aliphatic heterocycles.